The van der Waals surface area contributed by atoms with Gasteiger partial charge in [-0.1, -0.05) is 20.8 Å². The summed E-state index contributed by atoms with van der Waals surface area (Å²) in [5, 5.41) is 29.9. The van der Waals surface area contributed by atoms with E-state index in [1.54, 1.807) is 34.6 Å². The van der Waals surface area contributed by atoms with Crippen LogP contribution in [0.2, 0.25) is 5.31 Å². The second-order valence-corrected chi connectivity index (χ2v) is 7.11. The Balaban J connectivity index is 3.56. The summed E-state index contributed by atoms with van der Waals surface area (Å²) in [6.45, 7) is 9.68. The molecule has 1 fully saturated rings. The molecule has 0 heterocycles. The van der Waals surface area contributed by atoms with Crippen LogP contribution in [0.25, 0.3) is 0 Å². The Bertz CT molecular complexity index is 305. The van der Waals surface area contributed by atoms with Gasteiger partial charge in [-0.15, -0.1) is 0 Å². The van der Waals surface area contributed by atoms with Crippen molar-refractivity contribution in [1.82, 2.24) is 0 Å². The summed E-state index contributed by atoms with van der Waals surface area (Å²) < 4.78 is 0. The molecule has 2 radical (unpaired) electrons. The van der Waals surface area contributed by atoms with Crippen molar-refractivity contribution in [3.8, 4) is 0 Å². The minimum Gasteiger partial charge on any atom is -0.390 e. The van der Waals surface area contributed by atoms with Gasteiger partial charge < -0.3 is 15.3 Å². The van der Waals surface area contributed by atoms with Gasteiger partial charge in [-0.3, -0.25) is 0 Å². The van der Waals surface area contributed by atoms with Gasteiger partial charge in [0.05, 0.1) is 29.9 Å². The lowest BCUT2D eigenvalue weighted by atomic mass is 9.38. The SMILES string of the molecule is [B]C1(C)C(C)(O)C(S)C(C)(O)C(C)(C)C1(C)O. The summed E-state index contributed by atoms with van der Waals surface area (Å²) >= 11 is 4.34. The molecule has 1 aliphatic rings. The van der Waals surface area contributed by atoms with Crippen LogP contribution >= 0.6 is 12.6 Å². The second kappa shape index (κ2) is 3.44. The van der Waals surface area contributed by atoms with Gasteiger partial charge in [0.25, 0.3) is 0 Å². The standard InChI is InChI=1S/C12H23BO3S/c1-8(2)9(3,14)7(17)10(4,15)11(5,13)12(8,6)16/h7,14-17H,1-6H3. The van der Waals surface area contributed by atoms with E-state index in [-0.39, 0.29) is 0 Å². The lowest BCUT2D eigenvalue weighted by Gasteiger charge is -2.68. The maximum absolute atomic E-state index is 10.7. The average molecular weight is 258 g/mol. The van der Waals surface area contributed by atoms with Crippen LogP contribution in [0.5, 0.6) is 0 Å². The predicted octanol–water partition coefficient (Wildman–Crippen LogP) is 0.925. The van der Waals surface area contributed by atoms with E-state index in [1.807, 2.05) is 0 Å². The van der Waals surface area contributed by atoms with E-state index >= 15 is 0 Å². The molecular weight excluding hydrogens is 235 g/mol. The molecule has 5 heteroatoms. The fourth-order valence-corrected chi connectivity index (χ4v) is 3.40. The van der Waals surface area contributed by atoms with E-state index in [0.717, 1.165) is 0 Å². The van der Waals surface area contributed by atoms with Crippen LogP contribution < -0.4 is 0 Å². The minimum atomic E-state index is -1.50. The zero-order chi connectivity index (χ0) is 14.1. The summed E-state index contributed by atoms with van der Waals surface area (Å²) in [7, 11) is 6.16. The van der Waals surface area contributed by atoms with E-state index in [2.05, 4.69) is 12.6 Å². The fourth-order valence-electron chi connectivity index (χ4n) is 2.81. The number of hydrogen-bond donors (Lipinski definition) is 4. The molecule has 17 heavy (non-hydrogen) atoms. The molecule has 3 N–H and O–H groups in total. The van der Waals surface area contributed by atoms with Crippen LogP contribution in [0.4, 0.5) is 0 Å². The highest BCUT2D eigenvalue weighted by atomic mass is 32.1. The molecule has 0 amide bonds. The monoisotopic (exact) mass is 258 g/mol. The van der Waals surface area contributed by atoms with Crippen molar-refractivity contribution in [2.75, 3.05) is 0 Å². The van der Waals surface area contributed by atoms with E-state index in [9.17, 15) is 15.3 Å². The molecule has 0 saturated heterocycles. The third-order valence-electron chi connectivity index (χ3n) is 5.61. The molecule has 1 saturated carbocycles. The normalized spacial score (nSPS) is 59.1. The molecule has 0 bridgehead atoms. The first-order chi connectivity index (χ1) is 7.15. The molecule has 0 aliphatic heterocycles. The summed E-state index contributed by atoms with van der Waals surface area (Å²) in [6.07, 6.45) is 0. The number of aliphatic hydroxyl groups is 3. The number of rotatable bonds is 0. The zero-order valence-electron chi connectivity index (χ0n) is 11.4. The molecule has 0 aromatic rings. The van der Waals surface area contributed by atoms with Crippen LogP contribution in [0.3, 0.4) is 0 Å². The van der Waals surface area contributed by atoms with Crippen LogP contribution in [0, 0.1) is 5.41 Å². The van der Waals surface area contributed by atoms with Crippen molar-refractivity contribution < 1.29 is 15.3 Å². The van der Waals surface area contributed by atoms with Gasteiger partial charge in [0, 0.05) is 5.41 Å². The van der Waals surface area contributed by atoms with Crippen molar-refractivity contribution >= 4 is 20.5 Å². The van der Waals surface area contributed by atoms with E-state index < -0.39 is 32.8 Å². The van der Waals surface area contributed by atoms with Gasteiger partial charge in [0.15, 0.2) is 0 Å². The van der Waals surface area contributed by atoms with Crippen molar-refractivity contribution in [2.24, 2.45) is 5.41 Å². The highest BCUT2D eigenvalue weighted by Gasteiger charge is 2.71. The molecule has 98 valence electrons. The van der Waals surface area contributed by atoms with Crippen LogP contribution in [0.15, 0.2) is 0 Å². The molecule has 0 aromatic heterocycles. The van der Waals surface area contributed by atoms with Crippen LogP contribution in [-0.2, 0) is 0 Å². The molecule has 1 rings (SSSR count). The Morgan fingerprint density at radius 2 is 1.24 bits per heavy atom. The Labute approximate surface area is 110 Å². The topological polar surface area (TPSA) is 60.7 Å². The second-order valence-electron chi connectivity index (χ2n) is 6.60. The van der Waals surface area contributed by atoms with Gasteiger partial charge >= 0.3 is 0 Å². The van der Waals surface area contributed by atoms with E-state index in [4.69, 9.17) is 7.85 Å². The summed E-state index contributed by atoms with van der Waals surface area (Å²) in [4.78, 5) is 0. The number of hydrogen-bond acceptors (Lipinski definition) is 4. The smallest absolute Gasteiger partial charge is 0.0840 e. The maximum atomic E-state index is 10.7. The summed E-state index contributed by atoms with van der Waals surface area (Å²) in [5.74, 6) is 0. The first kappa shape index (κ1) is 15.4. The van der Waals surface area contributed by atoms with Crippen molar-refractivity contribution in [3.63, 3.8) is 0 Å². The Hall–Kier alpha value is 0.295. The van der Waals surface area contributed by atoms with Crippen molar-refractivity contribution in [3.05, 3.63) is 0 Å². The Morgan fingerprint density at radius 3 is 1.59 bits per heavy atom. The molecule has 1 aliphatic carbocycles. The first-order valence-electron chi connectivity index (χ1n) is 5.80. The van der Waals surface area contributed by atoms with Crippen molar-refractivity contribution in [2.45, 2.75) is 68.9 Å². The van der Waals surface area contributed by atoms with Gasteiger partial charge in [-0.25, -0.2) is 0 Å². The Kier molecular flexibility index (Phi) is 3.11. The predicted molar refractivity (Wildman–Crippen MR) is 72.5 cm³/mol. The van der Waals surface area contributed by atoms with Gasteiger partial charge in [-0.05, 0) is 26.1 Å². The molecule has 0 aromatic carbocycles. The molecule has 5 unspecified atom stereocenters. The van der Waals surface area contributed by atoms with Crippen molar-refractivity contribution in [1.29, 1.82) is 0 Å². The van der Waals surface area contributed by atoms with Gasteiger partial charge in [0.2, 0.25) is 0 Å². The average Bonchev–Trinajstić information content (AvgIpc) is 2.13. The van der Waals surface area contributed by atoms with Gasteiger partial charge in [0.1, 0.15) is 0 Å². The number of thiol groups is 1. The van der Waals surface area contributed by atoms with Crippen LogP contribution in [-0.4, -0.2) is 45.2 Å². The quantitative estimate of drug-likeness (QED) is 0.386. The largest absolute Gasteiger partial charge is 0.390 e. The third kappa shape index (κ3) is 1.43. The molecule has 0 spiro atoms. The minimum absolute atomic E-state index is 0.764. The highest BCUT2D eigenvalue weighted by molar-refractivity contribution is 7.81. The fraction of sp³-hybridized carbons (Fsp3) is 1.00. The van der Waals surface area contributed by atoms with Crippen LogP contribution in [0.1, 0.15) is 41.5 Å². The maximum Gasteiger partial charge on any atom is 0.0840 e. The van der Waals surface area contributed by atoms with Gasteiger partial charge in [-0.2, -0.15) is 12.6 Å². The molecule has 3 nitrogen and oxygen atoms in total. The zero-order valence-corrected chi connectivity index (χ0v) is 12.3. The lowest BCUT2D eigenvalue weighted by molar-refractivity contribution is -0.258. The van der Waals surface area contributed by atoms with E-state index in [1.165, 1.54) is 6.92 Å². The third-order valence-corrected chi connectivity index (χ3v) is 6.62. The highest BCUT2D eigenvalue weighted by Crippen LogP contribution is 2.65. The van der Waals surface area contributed by atoms with E-state index in [0.29, 0.717) is 0 Å². The molecule has 5 atom stereocenters. The molecular formula is C12H23BO3S. The summed E-state index contributed by atoms with van der Waals surface area (Å²) in [6, 6.07) is 0. The summed E-state index contributed by atoms with van der Waals surface area (Å²) in [5.41, 5.74) is -5.23. The Morgan fingerprint density at radius 1 is 0.882 bits per heavy atom. The first-order valence-corrected chi connectivity index (χ1v) is 6.31. The lowest BCUT2D eigenvalue weighted by Crippen LogP contribution is -2.77.